The Morgan fingerprint density at radius 1 is 1.65 bits per heavy atom. The molecule has 1 unspecified atom stereocenters. The maximum Gasteiger partial charge on any atom is 0.237 e. The van der Waals surface area contributed by atoms with Crippen molar-refractivity contribution in [3.63, 3.8) is 0 Å². The van der Waals surface area contributed by atoms with E-state index in [1.807, 2.05) is 6.08 Å². The first-order chi connectivity index (χ1) is 8.08. The monoisotopic (exact) mass is 256 g/mol. The summed E-state index contributed by atoms with van der Waals surface area (Å²) in [6, 6.07) is -0.0411. The van der Waals surface area contributed by atoms with Crippen LogP contribution in [0.5, 0.6) is 0 Å². The maximum absolute atomic E-state index is 12.0. The van der Waals surface area contributed by atoms with Crippen molar-refractivity contribution >= 4 is 17.7 Å². The lowest BCUT2D eigenvalue weighted by Gasteiger charge is -2.38. The number of thioether (sulfide) groups is 1. The molecule has 0 bridgehead atoms. The van der Waals surface area contributed by atoms with Crippen molar-refractivity contribution < 1.29 is 4.79 Å². The zero-order valence-corrected chi connectivity index (χ0v) is 11.7. The molecule has 4 heteroatoms. The number of rotatable bonds is 6. The first-order valence-electron chi connectivity index (χ1n) is 6.27. The second-order valence-electron chi connectivity index (χ2n) is 5.13. The third kappa shape index (κ3) is 4.72. The predicted octanol–water partition coefficient (Wildman–Crippen LogP) is 1.80. The minimum atomic E-state index is -0.0411. The average molecular weight is 256 g/mol. The van der Waals surface area contributed by atoms with Crippen LogP contribution < -0.4 is 10.6 Å². The molecule has 1 atom stereocenters. The molecule has 98 valence electrons. The molecule has 0 aromatic heterocycles. The summed E-state index contributed by atoms with van der Waals surface area (Å²) in [6.07, 6.45) is 4.16. The highest BCUT2D eigenvalue weighted by molar-refractivity contribution is 7.99. The summed E-state index contributed by atoms with van der Waals surface area (Å²) in [6.45, 7) is 9.69. The summed E-state index contributed by atoms with van der Waals surface area (Å²) in [5.74, 6) is 2.04. The normalized spacial score (nSPS) is 23.1. The van der Waals surface area contributed by atoms with E-state index >= 15 is 0 Å². The first kappa shape index (κ1) is 14.6. The van der Waals surface area contributed by atoms with Gasteiger partial charge in [0.25, 0.3) is 0 Å². The molecule has 17 heavy (non-hydrogen) atoms. The van der Waals surface area contributed by atoms with Crippen LogP contribution in [-0.4, -0.2) is 36.5 Å². The topological polar surface area (TPSA) is 41.1 Å². The van der Waals surface area contributed by atoms with E-state index in [1.165, 1.54) is 0 Å². The largest absolute Gasteiger partial charge is 0.354 e. The van der Waals surface area contributed by atoms with Gasteiger partial charge < -0.3 is 10.6 Å². The number of hydrogen-bond acceptors (Lipinski definition) is 3. The Hall–Kier alpha value is -0.480. The summed E-state index contributed by atoms with van der Waals surface area (Å²) >= 11 is 1.79. The van der Waals surface area contributed by atoms with Gasteiger partial charge >= 0.3 is 0 Å². The number of piperidine rings is 1. The highest BCUT2D eigenvalue weighted by atomic mass is 32.2. The SMILES string of the molecule is C=CCSCCNC(=O)C1NCCCC1(C)C. The summed E-state index contributed by atoms with van der Waals surface area (Å²) in [4.78, 5) is 12.0. The van der Waals surface area contributed by atoms with Gasteiger partial charge in [-0.15, -0.1) is 6.58 Å². The quantitative estimate of drug-likeness (QED) is 0.562. The van der Waals surface area contributed by atoms with E-state index in [-0.39, 0.29) is 17.4 Å². The van der Waals surface area contributed by atoms with Crippen molar-refractivity contribution in [2.75, 3.05) is 24.6 Å². The maximum atomic E-state index is 12.0. The Morgan fingerprint density at radius 3 is 3.06 bits per heavy atom. The fraction of sp³-hybridized carbons (Fsp3) is 0.769. The van der Waals surface area contributed by atoms with Crippen molar-refractivity contribution in [2.45, 2.75) is 32.7 Å². The Morgan fingerprint density at radius 2 is 2.41 bits per heavy atom. The molecular formula is C13H24N2OS. The number of amides is 1. The van der Waals surface area contributed by atoms with Gasteiger partial charge in [0.1, 0.15) is 0 Å². The summed E-state index contributed by atoms with van der Waals surface area (Å²) in [5.41, 5.74) is 0.0661. The van der Waals surface area contributed by atoms with Gasteiger partial charge in [-0.1, -0.05) is 19.9 Å². The molecule has 1 amide bonds. The standard InChI is InChI=1S/C13H24N2OS/c1-4-9-17-10-8-15-12(16)11-13(2,3)6-5-7-14-11/h4,11,14H,1,5-10H2,2-3H3,(H,15,16). The van der Waals surface area contributed by atoms with Crippen molar-refractivity contribution in [3.05, 3.63) is 12.7 Å². The molecule has 2 N–H and O–H groups in total. The van der Waals surface area contributed by atoms with Crippen LogP contribution in [0.15, 0.2) is 12.7 Å². The van der Waals surface area contributed by atoms with Gasteiger partial charge in [0.05, 0.1) is 6.04 Å². The van der Waals surface area contributed by atoms with Crippen LogP contribution in [0.25, 0.3) is 0 Å². The molecule has 1 saturated heterocycles. The summed E-state index contributed by atoms with van der Waals surface area (Å²) in [5, 5.41) is 6.34. The van der Waals surface area contributed by atoms with Crippen molar-refractivity contribution in [1.29, 1.82) is 0 Å². The van der Waals surface area contributed by atoms with Crippen molar-refractivity contribution in [3.8, 4) is 0 Å². The second-order valence-corrected chi connectivity index (χ2v) is 6.28. The van der Waals surface area contributed by atoms with Gasteiger partial charge in [0.2, 0.25) is 5.91 Å². The van der Waals surface area contributed by atoms with Gasteiger partial charge in [-0.25, -0.2) is 0 Å². The third-order valence-electron chi connectivity index (χ3n) is 3.17. The molecule has 1 aliphatic rings. The van der Waals surface area contributed by atoms with Crippen LogP contribution in [0, 0.1) is 5.41 Å². The van der Waals surface area contributed by atoms with Crippen LogP contribution in [0.1, 0.15) is 26.7 Å². The molecule has 0 aromatic carbocycles. The summed E-state index contributed by atoms with van der Waals surface area (Å²) < 4.78 is 0. The number of carbonyl (C=O) groups excluding carboxylic acids is 1. The average Bonchev–Trinajstić information content (AvgIpc) is 2.28. The number of hydrogen-bond donors (Lipinski definition) is 2. The van der Waals surface area contributed by atoms with Crippen LogP contribution in [0.4, 0.5) is 0 Å². The Labute approximate surface area is 109 Å². The van der Waals surface area contributed by atoms with Crippen molar-refractivity contribution in [2.24, 2.45) is 5.41 Å². The Kier molecular flexibility index (Phi) is 6.06. The predicted molar refractivity (Wildman–Crippen MR) is 75.3 cm³/mol. The molecule has 1 rings (SSSR count). The molecule has 1 fully saturated rings. The zero-order valence-electron chi connectivity index (χ0n) is 10.9. The first-order valence-corrected chi connectivity index (χ1v) is 7.43. The lowest BCUT2D eigenvalue weighted by molar-refractivity contribution is -0.126. The van der Waals surface area contributed by atoms with Crippen LogP contribution >= 0.6 is 11.8 Å². The van der Waals surface area contributed by atoms with Gasteiger partial charge in [-0.3, -0.25) is 4.79 Å². The molecule has 1 aliphatic heterocycles. The van der Waals surface area contributed by atoms with Gasteiger partial charge in [0.15, 0.2) is 0 Å². The van der Waals surface area contributed by atoms with E-state index < -0.39 is 0 Å². The molecule has 0 aromatic rings. The van der Waals surface area contributed by atoms with Crippen LogP contribution in [-0.2, 0) is 4.79 Å². The molecule has 1 heterocycles. The van der Waals surface area contributed by atoms with Crippen LogP contribution in [0.3, 0.4) is 0 Å². The molecule has 0 radical (unpaired) electrons. The molecule has 0 spiro atoms. The van der Waals surface area contributed by atoms with Gasteiger partial charge in [-0.2, -0.15) is 11.8 Å². The Bertz CT molecular complexity index is 266. The minimum Gasteiger partial charge on any atom is -0.354 e. The molecule has 3 nitrogen and oxygen atoms in total. The van der Waals surface area contributed by atoms with E-state index in [0.717, 1.165) is 37.4 Å². The fourth-order valence-corrected chi connectivity index (χ4v) is 2.75. The second kappa shape index (κ2) is 7.07. The van der Waals surface area contributed by atoms with E-state index in [9.17, 15) is 4.79 Å². The lowest BCUT2D eigenvalue weighted by Crippen LogP contribution is -2.55. The third-order valence-corrected chi connectivity index (χ3v) is 4.14. The van der Waals surface area contributed by atoms with Crippen molar-refractivity contribution in [1.82, 2.24) is 10.6 Å². The van der Waals surface area contributed by atoms with E-state index in [1.54, 1.807) is 11.8 Å². The molecular weight excluding hydrogens is 232 g/mol. The Balaban J connectivity index is 2.28. The highest BCUT2D eigenvalue weighted by Gasteiger charge is 2.36. The highest BCUT2D eigenvalue weighted by Crippen LogP contribution is 2.29. The smallest absolute Gasteiger partial charge is 0.237 e. The lowest BCUT2D eigenvalue weighted by atomic mass is 9.77. The van der Waals surface area contributed by atoms with E-state index in [0.29, 0.717) is 0 Å². The van der Waals surface area contributed by atoms with Gasteiger partial charge in [0, 0.05) is 18.1 Å². The summed E-state index contributed by atoms with van der Waals surface area (Å²) in [7, 11) is 0. The fourth-order valence-electron chi connectivity index (χ4n) is 2.17. The minimum absolute atomic E-state index is 0.0411. The number of nitrogens with one attached hydrogen (secondary N) is 2. The molecule has 0 saturated carbocycles. The van der Waals surface area contributed by atoms with E-state index in [2.05, 4.69) is 31.1 Å². The molecule has 0 aliphatic carbocycles. The number of carbonyl (C=O) groups is 1. The van der Waals surface area contributed by atoms with Gasteiger partial charge in [-0.05, 0) is 24.8 Å². The van der Waals surface area contributed by atoms with Crippen LogP contribution in [0.2, 0.25) is 0 Å². The van der Waals surface area contributed by atoms with E-state index in [4.69, 9.17) is 0 Å². The zero-order chi connectivity index (χ0) is 12.7.